The van der Waals surface area contributed by atoms with Gasteiger partial charge in [-0.3, -0.25) is 4.72 Å². The molecule has 0 unspecified atom stereocenters. The Hall–Kier alpha value is -1.24. The minimum Gasteiger partial charge on any atom is -0.264 e. The summed E-state index contributed by atoms with van der Waals surface area (Å²) in [7, 11) is -3.79. The zero-order chi connectivity index (χ0) is 14.9. The van der Waals surface area contributed by atoms with Gasteiger partial charge in [0.15, 0.2) is 0 Å². The fourth-order valence-electron chi connectivity index (χ4n) is 1.70. The first-order chi connectivity index (χ1) is 9.35. The van der Waals surface area contributed by atoms with E-state index >= 15 is 0 Å². The predicted octanol–water partition coefficient (Wildman–Crippen LogP) is 3.32. The number of rotatable bonds is 4. The molecule has 0 bridgehead atoms. The molecule has 0 amide bonds. The summed E-state index contributed by atoms with van der Waals surface area (Å²) in [5.41, 5.74) is 0.639. The Morgan fingerprint density at radius 1 is 1.30 bits per heavy atom. The fraction of sp³-hybridized carbons (Fsp3) is 0.250. The third-order valence-electron chi connectivity index (χ3n) is 2.76. The van der Waals surface area contributed by atoms with Crippen LogP contribution < -0.4 is 4.72 Å². The first-order valence-corrected chi connectivity index (χ1v) is 8.09. The largest absolute Gasteiger partial charge is 0.264 e. The lowest BCUT2D eigenvalue weighted by molar-refractivity contribution is 0.599. The lowest BCUT2D eigenvalue weighted by Gasteiger charge is -2.11. The summed E-state index contributed by atoms with van der Waals surface area (Å²) in [6.07, 6.45) is 1.52. The summed E-state index contributed by atoms with van der Waals surface area (Å²) in [6.45, 7) is 4.14. The third kappa shape index (κ3) is 2.92. The molecular weight excluding hydrogens is 321 g/mol. The molecule has 0 aliphatic heterocycles. The zero-order valence-electron chi connectivity index (χ0n) is 10.9. The normalized spacial score (nSPS) is 11.6. The summed E-state index contributed by atoms with van der Waals surface area (Å²) >= 11 is 11.9. The second kappa shape index (κ2) is 5.63. The molecule has 0 aliphatic carbocycles. The van der Waals surface area contributed by atoms with E-state index in [9.17, 15) is 8.42 Å². The van der Waals surface area contributed by atoms with E-state index in [1.807, 2.05) is 6.92 Å². The molecule has 0 fully saturated rings. The van der Waals surface area contributed by atoms with Crippen LogP contribution in [-0.4, -0.2) is 18.2 Å². The molecule has 8 heteroatoms. The molecule has 0 aliphatic rings. The van der Waals surface area contributed by atoms with E-state index < -0.39 is 10.0 Å². The van der Waals surface area contributed by atoms with E-state index in [-0.39, 0.29) is 9.92 Å². The molecule has 20 heavy (non-hydrogen) atoms. The average molecular weight is 334 g/mol. The van der Waals surface area contributed by atoms with Gasteiger partial charge in [-0.2, -0.15) is 5.10 Å². The van der Waals surface area contributed by atoms with Crippen LogP contribution in [0.15, 0.2) is 29.3 Å². The monoisotopic (exact) mass is 333 g/mol. The Labute approximate surface area is 127 Å². The van der Waals surface area contributed by atoms with Crippen molar-refractivity contribution >= 4 is 39.0 Å². The number of aryl methyl sites for hydroxylation is 2. The number of nitrogens with one attached hydrogen (secondary N) is 1. The maximum Gasteiger partial charge on any atom is 0.264 e. The highest BCUT2D eigenvalue weighted by Gasteiger charge is 2.20. The molecule has 0 radical (unpaired) electrons. The molecule has 1 aromatic carbocycles. The lowest BCUT2D eigenvalue weighted by atomic mass is 10.2. The van der Waals surface area contributed by atoms with Gasteiger partial charge >= 0.3 is 0 Å². The molecule has 1 heterocycles. The van der Waals surface area contributed by atoms with Crippen LogP contribution in [-0.2, 0) is 16.6 Å². The van der Waals surface area contributed by atoms with Crippen molar-refractivity contribution in [2.75, 3.05) is 4.72 Å². The van der Waals surface area contributed by atoms with Crippen molar-refractivity contribution in [3.05, 3.63) is 40.0 Å². The molecule has 0 saturated carbocycles. The van der Waals surface area contributed by atoms with E-state index in [1.54, 1.807) is 13.0 Å². The van der Waals surface area contributed by atoms with E-state index in [1.165, 1.54) is 23.0 Å². The second-order valence-electron chi connectivity index (χ2n) is 4.17. The maximum atomic E-state index is 12.4. The van der Waals surface area contributed by atoms with E-state index in [0.717, 1.165) is 0 Å². The van der Waals surface area contributed by atoms with Crippen LogP contribution in [0.5, 0.6) is 0 Å². The second-order valence-corrected chi connectivity index (χ2v) is 6.63. The molecular formula is C12H13Cl2N3O2S. The van der Waals surface area contributed by atoms with E-state index in [0.29, 0.717) is 22.9 Å². The number of benzene rings is 1. The molecule has 5 nitrogen and oxygen atoms in total. The van der Waals surface area contributed by atoms with Crippen molar-refractivity contribution in [3.63, 3.8) is 0 Å². The molecule has 2 aromatic rings. The van der Waals surface area contributed by atoms with Gasteiger partial charge < -0.3 is 0 Å². The number of halogens is 2. The van der Waals surface area contributed by atoms with Crippen LogP contribution in [0.3, 0.4) is 0 Å². The minimum absolute atomic E-state index is 0.00933. The molecule has 0 saturated heterocycles. The van der Waals surface area contributed by atoms with Gasteiger partial charge in [-0.1, -0.05) is 23.2 Å². The highest BCUT2D eigenvalue weighted by molar-refractivity contribution is 7.92. The Morgan fingerprint density at radius 3 is 2.65 bits per heavy atom. The summed E-state index contributed by atoms with van der Waals surface area (Å²) in [4.78, 5) is -0.00933. The number of hydrogen-bond acceptors (Lipinski definition) is 3. The van der Waals surface area contributed by atoms with Crippen LogP contribution in [0.2, 0.25) is 10.0 Å². The molecule has 108 valence electrons. The summed E-state index contributed by atoms with van der Waals surface area (Å²) < 4.78 is 28.7. The van der Waals surface area contributed by atoms with Crippen LogP contribution in [0.1, 0.15) is 12.5 Å². The molecule has 0 spiro atoms. The third-order valence-corrected chi connectivity index (χ3v) is 4.98. The van der Waals surface area contributed by atoms with E-state index in [2.05, 4.69) is 9.82 Å². The molecule has 0 atom stereocenters. The van der Waals surface area contributed by atoms with Crippen LogP contribution >= 0.6 is 23.2 Å². The van der Waals surface area contributed by atoms with Gasteiger partial charge in [0.2, 0.25) is 0 Å². The number of sulfonamides is 1. The lowest BCUT2D eigenvalue weighted by Crippen LogP contribution is -2.16. The van der Waals surface area contributed by atoms with Crippen LogP contribution in [0, 0.1) is 6.92 Å². The van der Waals surface area contributed by atoms with Crippen LogP contribution in [0.25, 0.3) is 0 Å². The zero-order valence-corrected chi connectivity index (χ0v) is 13.2. The fourth-order valence-corrected chi connectivity index (χ4v) is 3.59. The van der Waals surface area contributed by atoms with Gasteiger partial charge in [0.25, 0.3) is 10.0 Å². The number of hydrogen-bond donors (Lipinski definition) is 1. The summed E-state index contributed by atoms with van der Waals surface area (Å²) in [5, 5.41) is 4.51. The predicted molar refractivity (Wildman–Crippen MR) is 79.9 cm³/mol. The SMILES string of the molecule is CCn1nccc1NS(=O)(=O)c1cc(C)c(Cl)cc1Cl. The number of nitrogens with zero attached hydrogens (tertiary/aromatic N) is 2. The molecule has 1 aromatic heterocycles. The van der Waals surface area contributed by atoms with Crippen molar-refractivity contribution in [2.45, 2.75) is 25.3 Å². The maximum absolute atomic E-state index is 12.4. The van der Waals surface area contributed by atoms with Crippen molar-refractivity contribution < 1.29 is 8.42 Å². The van der Waals surface area contributed by atoms with Gasteiger partial charge in [0, 0.05) is 17.6 Å². The molecule has 1 N–H and O–H groups in total. The van der Waals surface area contributed by atoms with Gasteiger partial charge in [0.05, 0.1) is 11.2 Å². The van der Waals surface area contributed by atoms with Crippen molar-refractivity contribution in [1.29, 1.82) is 0 Å². The summed E-state index contributed by atoms with van der Waals surface area (Å²) in [5.74, 6) is 0.385. The first kappa shape index (κ1) is 15.2. The Morgan fingerprint density at radius 2 is 2.00 bits per heavy atom. The highest BCUT2D eigenvalue weighted by atomic mass is 35.5. The highest BCUT2D eigenvalue weighted by Crippen LogP contribution is 2.29. The summed E-state index contributed by atoms with van der Waals surface area (Å²) in [6, 6.07) is 4.45. The molecule has 2 rings (SSSR count). The average Bonchev–Trinajstić information content (AvgIpc) is 2.80. The quantitative estimate of drug-likeness (QED) is 0.933. The standard InChI is InChI=1S/C12H13Cl2N3O2S/c1-3-17-12(4-5-15-17)16-20(18,19)11-6-8(2)9(13)7-10(11)14/h4-7,16H,3H2,1-2H3. The van der Waals surface area contributed by atoms with E-state index in [4.69, 9.17) is 23.2 Å². The Balaban J connectivity index is 2.43. The van der Waals surface area contributed by atoms with Gasteiger partial charge in [0.1, 0.15) is 10.7 Å². The number of aromatic nitrogens is 2. The van der Waals surface area contributed by atoms with Gasteiger partial charge in [-0.05, 0) is 31.5 Å². The first-order valence-electron chi connectivity index (χ1n) is 5.85. The number of anilines is 1. The minimum atomic E-state index is -3.79. The van der Waals surface area contributed by atoms with Gasteiger partial charge in [-0.25, -0.2) is 13.1 Å². The Bertz CT molecular complexity index is 741. The topological polar surface area (TPSA) is 64.0 Å². The Kier molecular flexibility index (Phi) is 4.27. The van der Waals surface area contributed by atoms with Crippen molar-refractivity contribution in [2.24, 2.45) is 0 Å². The van der Waals surface area contributed by atoms with Crippen LogP contribution in [0.4, 0.5) is 5.82 Å². The van der Waals surface area contributed by atoms with Gasteiger partial charge in [-0.15, -0.1) is 0 Å². The smallest absolute Gasteiger partial charge is 0.264 e. The van der Waals surface area contributed by atoms with Crippen molar-refractivity contribution in [3.8, 4) is 0 Å². The van der Waals surface area contributed by atoms with Crippen molar-refractivity contribution in [1.82, 2.24) is 9.78 Å².